The highest BCUT2D eigenvalue weighted by Gasteiger charge is 2.42. The fourth-order valence-electron chi connectivity index (χ4n) is 5.61. The Bertz CT molecular complexity index is 1690. The Morgan fingerprint density at radius 3 is 2.43 bits per heavy atom. The maximum atomic E-state index is 13.6. The zero-order valence-corrected chi connectivity index (χ0v) is 24.3. The molecule has 1 atom stereocenters. The van der Waals surface area contributed by atoms with Gasteiger partial charge in [0.2, 0.25) is 0 Å². The molecule has 42 heavy (non-hydrogen) atoms. The van der Waals surface area contributed by atoms with E-state index in [0.717, 1.165) is 34.9 Å². The first-order valence-corrected chi connectivity index (χ1v) is 14.0. The van der Waals surface area contributed by atoms with Crippen LogP contribution in [-0.4, -0.2) is 5.78 Å². The predicted molar refractivity (Wildman–Crippen MR) is 156 cm³/mol. The Balaban J connectivity index is 1.65. The first-order chi connectivity index (χ1) is 19.9. The first kappa shape index (κ1) is 29.6. The molecular formula is C32H26Cl2F3N3O2. The van der Waals surface area contributed by atoms with Crippen molar-refractivity contribution < 1.29 is 22.7 Å². The lowest BCUT2D eigenvalue weighted by atomic mass is 9.74. The maximum Gasteiger partial charge on any atom is 0.416 e. The van der Waals surface area contributed by atoms with E-state index in [-0.39, 0.29) is 40.9 Å². The van der Waals surface area contributed by atoms with Crippen molar-refractivity contribution in [3.8, 4) is 11.8 Å². The van der Waals surface area contributed by atoms with Gasteiger partial charge in [0.1, 0.15) is 18.2 Å². The second kappa shape index (κ2) is 11.4. The summed E-state index contributed by atoms with van der Waals surface area (Å²) in [6.07, 6.45) is -3.52. The Labute approximate surface area is 251 Å². The molecule has 1 aliphatic heterocycles. The molecule has 0 spiro atoms. The molecule has 216 valence electrons. The van der Waals surface area contributed by atoms with E-state index in [9.17, 15) is 23.2 Å². The number of ether oxygens (including phenoxy) is 1. The van der Waals surface area contributed by atoms with E-state index in [1.54, 1.807) is 24.3 Å². The normalized spacial score (nSPS) is 17.3. The van der Waals surface area contributed by atoms with Gasteiger partial charge in [-0.2, -0.15) is 18.4 Å². The largest absolute Gasteiger partial charge is 0.489 e. The number of nitrogens with two attached hydrogens (primary N) is 1. The second-order valence-corrected chi connectivity index (χ2v) is 11.2. The van der Waals surface area contributed by atoms with Crippen LogP contribution in [0.3, 0.4) is 0 Å². The van der Waals surface area contributed by atoms with Crippen LogP contribution in [0.1, 0.15) is 53.0 Å². The van der Waals surface area contributed by atoms with Gasteiger partial charge in [0.25, 0.3) is 0 Å². The fourth-order valence-corrected chi connectivity index (χ4v) is 5.94. The van der Waals surface area contributed by atoms with E-state index in [0.29, 0.717) is 40.4 Å². The van der Waals surface area contributed by atoms with Crippen LogP contribution in [0, 0.1) is 25.2 Å². The van der Waals surface area contributed by atoms with Crippen molar-refractivity contribution in [1.29, 1.82) is 5.26 Å². The predicted octanol–water partition coefficient (Wildman–Crippen LogP) is 8.51. The molecule has 0 bridgehead atoms. The number of benzene rings is 3. The molecule has 3 aromatic rings. The summed E-state index contributed by atoms with van der Waals surface area (Å²) < 4.78 is 46.9. The SMILES string of the molecule is Cc1cc(C)c(C2C(C#N)=C(N)N(c3cc(C(F)(F)F)ccc3Cl)C3=C2C(=O)CCC3)cc1COc1ccc(Cl)cc1. The summed E-state index contributed by atoms with van der Waals surface area (Å²) in [4.78, 5) is 14.9. The number of ketones is 1. The van der Waals surface area contributed by atoms with Crippen LogP contribution < -0.4 is 15.4 Å². The second-order valence-electron chi connectivity index (χ2n) is 10.4. The van der Waals surface area contributed by atoms with Crippen LogP contribution in [-0.2, 0) is 17.6 Å². The third-order valence-corrected chi connectivity index (χ3v) is 8.24. The molecule has 1 heterocycles. The fraction of sp³-hybridized carbons (Fsp3) is 0.250. The summed E-state index contributed by atoms with van der Waals surface area (Å²) in [7, 11) is 0. The summed E-state index contributed by atoms with van der Waals surface area (Å²) in [6.45, 7) is 4.06. The number of hydrogen-bond donors (Lipinski definition) is 1. The zero-order chi connectivity index (χ0) is 30.3. The minimum absolute atomic E-state index is 0.0136. The molecule has 2 N–H and O–H groups in total. The number of nitrogens with zero attached hydrogens (tertiary/aromatic N) is 2. The van der Waals surface area contributed by atoms with E-state index in [1.165, 1.54) is 4.90 Å². The number of Topliss-reactive ketones (excluding diaryl/α,β-unsaturated/α-hetero) is 1. The highest BCUT2D eigenvalue weighted by molar-refractivity contribution is 6.33. The number of carbonyl (C=O) groups excluding carboxylic acids is 1. The van der Waals surface area contributed by atoms with Crippen LogP contribution in [0.25, 0.3) is 0 Å². The van der Waals surface area contributed by atoms with E-state index in [2.05, 4.69) is 6.07 Å². The number of carbonyl (C=O) groups is 1. The van der Waals surface area contributed by atoms with Crippen molar-refractivity contribution in [2.24, 2.45) is 5.73 Å². The molecule has 0 aromatic heterocycles. The maximum absolute atomic E-state index is 13.6. The van der Waals surface area contributed by atoms with Gasteiger partial charge in [0.05, 0.1) is 33.8 Å². The molecule has 0 saturated heterocycles. The molecule has 2 aliphatic rings. The van der Waals surface area contributed by atoms with Crippen molar-refractivity contribution in [3.05, 3.63) is 115 Å². The lowest BCUT2D eigenvalue weighted by molar-refractivity contribution is -0.137. The van der Waals surface area contributed by atoms with Crippen LogP contribution in [0.5, 0.6) is 5.75 Å². The molecular weight excluding hydrogens is 586 g/mol. The van der Waals surface area contributed by atoms with Gasteiger partial charge in [-0.1, -0.05) is 35.3 Å². The average Bonchev–Trinajstić information content (AvgIpc) is 2.93. The van der Waals surface area contributed by atoms with Gasteiger partial charge >= 0.3 is 6.18 Å². The number of allylic oxidation sites excluding steroid dienone is 3. The lowest BCUT2D eigenvalue weighted by Crippen LogP contribution is -2.39. The van der Waals surface area contributed by atoms with Gasteiger partial charge in [-0.25, -0.2) is 0 Å². The highest BCUT2D eigenvalue weighted by Crippen LogP contribution is 2.49. The number of hydrogen-bond acceptors (Lipinski definition) is 5. The summed E-state index contributed by atoms with van der Waals surface area (Å²) >= 11 is 12.4. The van der Waals surface area contributed by atoms with Crippen molar-refractivity contribution in [2.75, 3.05) is 4.90 Å². The quantitative estimate of drug-likeness (QED) is 0.313. The van der Waals surface area contributed by atoms with Gasteiger partial charge in [-0.15, -0.1) is 0 Å². The molecule has 0 radical (unpaired) electrons. The van der Waals surface area contributed by atoms with Crippen molar-refractivity contribution >= 4 is 34.7 Å². The molecule has 0 fully saturated rings. The van der Waals surface area contributed by atoms with Crippen molar-refractivity contribution in [3.63, 3.8) is 0 Å². The molecule has 1 aliphatic carbocycles. The number of anilines is 1. The van der Waals surface area contributed by atoms with Gasteiger partial charge in [0, 0.05) is 22.7 Å². The van der Waals surface area contributed by atoms with E-state index in [1.807, 2.05) is 26.0 Å². The number of nitriles is 1. The summed E-state index contributed by atoms with van der Waals surface area (Å²) in [6, 6.07) is 15.9. The zero-order valence-electron chi connectivity index (χ0n) is 22.8. The van der Waals surface area contributed by atoms with E-state index < -0.39 is 17.7 Å². The number of aryl methyl sites for hydroxylation is 2. The Morgan fingerprint density at radius 2 is 1.76 bits per heavy atom. The molecule has 10 heteroatoms. The third-order valence-electron chi connectivity index (χ3n) is 7.67. The smallest absolute Gasteiger partial charge is 0.416 e. The van der Waals surface area contributed by atoms with Crippen LogP contribution >= 0.6 is 23.2 Å². The van der Waals surface area contributed by atoms with Crippen molar-refractivity contribution in [1.82, 2.24) is 0 Å². The monoisotopic (exact) mass is 611 g/mol. The standard InChI is InChI=1S/C32H26Cl2F3N3O2/c1-17-12-18(2)23(13-19(17)16-42-22-9-7-21(33)8-10-22)29-24(15-38)31(39)40(26-4-3-5-28(41)30(26)29)27-14-20(32(35,36)37)6-11-25(27)34/h6-14,29H,3-5,16,39H2,1-2H3. The van der Waals surface area contributed by atoms with E-state index in [4.69, 9.17) is 33.7 Å². The number of rotatable bonds is 5. The van der Waals surface area contributed by atoms with Gasteiger partial charge < -0.3 is 10.5 Å². The summed E-state index contributed by atoms with van der Waals surface area (Å²) in [5.74, 6) is -0.417. The number of halogens is 5. The Kier molecular flexibility index (Phi) is 8.02. The first-order valence-electron chi connectivity index (χ1n) is 13.2. The lowest BCUT2D eigenvalue weighted by Gasteiger charge is -2.40. The van der Waals surface area contributed by atoms with Crippen LogP contribution in [0.4, 0.5) is 18.9 Å². The minimum Gasteiger partial charge on any atom is -0.489 e. The van der Waals surface area contributed by atoms with Crippen molar-refractivity contribution in [2.45, 2.75) is 51.8 Å². The van der Waals surface area contributed by atoms with E-state index >= 15 is 0 Å². The summed E-state index contributed by atoms with van der Waals surface area (Å²) in [5.41, 5.74) is 9.85. The third kappa shape index (κ3) is 5.47. The molecule has 3 aromatic carbocycles. The number of alkyl halides is 3. The Hall–Kier alpha value is -3.93. The van der Waals surface area contributed by atoms with Crippen LogP contribution in [0.15, 0.2) is 77.3 Å². The average molecular weight is 612 g/mol. The highest BCUT2D eigenvalue weighted by atomic mass is 35.5. The topological polar surface area (TPSA) is 79.4 Å². The molecule has 0 amide bonds. The molecule has 5 rings (SSSR count). The van der Waals surface area contributed by atoms with Gasteiger partial charge in [-0.05, 0) is 91.4 Å². The molecule has 1 unspecified atom stereocenters. The molecule has 0 saturated carbocycles. The van der Waals surface area contributed by atoms with Gasteiger partial charge in [-0.3, -0.25) is 9.69 Å². The Morgan fingerprint density at radius 1 is 1.05 bits per heavy atom. The summed E-state index contributed by atoms with van der Waals surface area (Å²) in [5, 5.41) is 11.0. The van der Waals surface area contributed by atoms with Crippen LogP contribution in [0.2, 0.25) is 10.0 Å². The molecule has 5 nitrogen and oxygen atoms in total. The minimum atomic E-state index is -4.63. The van der Waals surface area contributed by atoms with Gasteiger partial charge in [0.15, 0.2) is 5.78 Å².